The predicted molar refractivity (Wildman–Crippen MR) is 133 cm³/mol. The highest BCUT2D eigenvalue weighted by Crippen LogP contribution is 2.45. The normalized spacial score (nSPS) is 20.6. The number of nitrogens with zero attached hydrogens (tertiary/aromatic N) is 4. The zero-order valence-electron chi connectivity index (χ0n) is 19.9. The molecule has 196 valence electrons. The SMILES string of the molecule is CNCc1ccccc1CC(=O)NC1C(=O)N2C(C(=O)O)=C(C(Sc3nn[nH]n3)C(C)C(=O)O)CS[C@H]12. The number of carbonyl (C=O) groups is 4. The fourth-order valence-electron chi connectivity index (χ4n) is 4.27. The van der Waals surface area contributed by atoms with Crippen molar-refractivity contribution in [2.45, 2.75) is 41.7 Å². The van der Waals surface area contributed by atoms with Crippen LogP contribution in [0.1, 0.15) is 18.1 Å². The van der Waals surface area contributed by atoms with Crippen LogP contribution in [0.25, 0.3) is 0 Å². The van der Waals surface area contributed by atoms with Crippen LogP contribution < -0.4 is 10.6 Å². The number of aromatic amines is 1. The number of carboxylic acid groups (broad SMARTS) is 2. The molecule has 1 aromatic heterocycles. The second kappa shape index (κ2) is 11.3. The molecule has 0 spiro atoms. The van der Waals surface area contributed by atoms with Crippen LogP contribution in [-0.2, 0) is 32.1 Å². The number of tetrazole rings is 1. The Labute approximate surface area is 219 Å². The average molecular weight is 548 g/mol. The number of carbonyl (C=O) groups excluding carboxylic acids is 2. The highest BCUT2D eigenvalue weighted by atomic mass is 32.2. The summed E-state index contributed by atoms with van der Waals surface area (Å²) in [4.78, 5) is 51.1. The number of carboxylic acids is 2. The number of hydrogen-bond acceptors (Lipinski definition) is 10. The summed E-state index contributed by atoms with van der Waals surface area (Å²) in [6, 6.07) is 6.59. The molecule has 0 radical (unpaired) electrons. The van der Waals surface area contributed by atoms with Gasteiger partial charge in [0.05, 0.1) is 12.3 Å². The fraction of sp³-hybridized carbons (Fsp3) is 0.409. The molecular weight excluding hydrogens is 522 g/mol. The number of aliphatic carboxylic acids is 2. The van der Waals surface area contributed by atoms with E-state index in [1.807, 2.05) is 31.3 Å². The van der Waals surface area contributed by atoms with Crippen LogP contribution in [0.3, 0.4) is 0 Å². The summed E-state index contributed by atoms with van der Waals surface area (Å²) in [5.41, 5.74) is 1.80. The lowest BCUT2D eigenvalue weighted by Gasteiger charge is -2.50. The van der Waals surface area contributed by atoms with Crippen molar-refractivity contribution in [1.29, 1.82) is 0 Å². The van der Waals surface area contributed by atoms with Crippen LogP contribution in [0.5, 0.6) is 0 Å². The van der Waals surface area contributed by atoms with Crippen LogP contribution >= 0.6 is 23.5 Å². The summed E-state index contributed by atoms with van der Waals surface area (Å²) in [6.07, 6.45) is 0.0748. The molecule has 2 aliphatic rings. The molecule has 37 heavy (non-hydrogen) atoms. The number of fused-ring (bicyclic) bond motifs is 1. The minimum Gasteiger partial charge on any atom is -0.481 e. The lowest BCUT2D eigenvalue weighted by molar-refractivity contribution is -0.150. The van der Waals surface area contributed by atoms with E-state index in [1.165, 1.54) is 18.7 Å². The molecule has 3 heterocycles. The Morgan fingerprint density at radius 3 is 2.62 bits per heavy atom. The third-order valence-corrected chi connectivity index (χ3v) is 8.73. The van der Waals surface area contributed by atoms with Gasteiger partial charge in [-0.1, -0.05) is 43.0 Å². The summed E-state index contributed by atoms with van der Waals surface area (Å²) in [5, 5.41) is 37.6. The molecule has 1 fully saturated rings. The van der Waals surface area contributed by atoms with Crippen molar-refractivity contribution in [2.75, 3.05) is 12.8 Å². The topological polar surface area (TPSA) is 190 Å². The van der Waals surface area contributed by atoms with Gasteiger partial charge in [0.1, 0.15) is 17.1 Å². The highest BCUT2D eigenvalue weighted by molar-refractivity contribution is 8.01. The first-order chi connectivity index (χ1) is 17.7. The Morgan fingerprint density at radius 2 is 2.00 bits per heavy atom. The standard InChI is InChI=1S/C22H25N7O6S2/c1-10(20(32)33)17(37-22-25-27-28-26-22)13-9-36-19-15(18(31)29(19)16(13)21(34)35)24-14(30)7-11-5-3-4-6-12(11)8-23-2/h3-6,10,15,17,19,23H,7-9H2,1-2H3,(H,24,30)(H,32,33)(H,34,35)(H,25,26,27,28)/t10?,15?,17?,19-/m1/s1. The van der Waals surface area contributed by atoms with E-state index >= 15 is 0 Å². The molecule has 2 aliphatic heterocycles. The van der Waals surface area contributed by atoms with Crippen LogP contribution in [0.2, 0.25) is 0 Å². The number of thioether (sulfide) groups is 2. The lowest BCUT2D eigenvalue weighted by atomic mass is 9.96. The van der Waals surface area contributed by atoms with Gasteiger partial charge in [-0.3, -0.25) is 19.3 Å². The van der Waals surface area contributed by atoms with Gasteiger partial charge in [-0.2, -0.15) is 5.21 Å². The van der Waals surface area contributed by atoms with Gasteiger partial charge < -0.3 is 20.8 Å². The second-order valence-corrected chi connectivity index (χ2v) is 10.7. The second-order valence-electron chi connectivity index (χ2n) is 8.47. The maximum Gasteiger partial charge on any atom is 0.352 e. The van der Waals surface area contributed by atoms with Crippen molar-refractivity contribution in [3.05, 3.63) is 46.7 Å². The first-order valence-electron chi connectivity index (χ1n) is 11.3. The van der Waals surface area contributed by atoms with Gasteiger partial charge in [0.25, 0.3) is 5.91 Å². The van der Waals surface area contributed by atoms with E-state index in [4.69, 9.17) is 0 Å². The summed E-state index contributed by atoms with van der Waals surface area (Å²) in [5.74, 6) is -4.25. The molecule has 4 rings (SSSR count). The highest BCUT2D eigenvalue weighted by Gasteiger charge is 2.55. The number of amides is 2. The number of rotatable bonds is 11. The molecule has 2 amide bonds. The fourth-order valence-corrected chi connectivity index (χ4v) is 6.85. The Kier molecular flexibility index (Phi) is 8.14. The van der Waals surface area contributed by atoms with E-state index in [-0.39, 0.29) is 34.5 Å². The number of benzene rings is 1. The Morgan fingerprint density at radius 1 is 1.27 bits per heavy atom. The smallest absolute Gasteiger partial charge is 0.352 e. The molecule has 2 aromatic rings. The maximum absolute atomic E-state index is 13.1. The molecule has 5 N–H and O–H groups in total. The molecule has 4 atom stereocenters. The van der Waals surface area contributed by atoms with Crippen LogP contribution in [0.15, 0.2) is 40.7 Å². The van der Waals surface area contributed by atoms with Crippen molar-refractivity contribution in [3.8, 4) is 0 Å². The number of hydrogen-bond donors (Lipinski definition) is 5. The first kappa shape index (κ1) is 26.6. The van der Waals surface area contributed by atoms with Gasteiger partial charge in [0, 0.05) is 17.5 Å². The Bertz CT molecular complexity index is 1240. The van der Waals surface area contributed by atoms with E-state index in [2.05, 4.69) is 31.3 Å². The third kappa shape index (κ3) is 5.47. The molecule has 0 bridgehead atoms. The summed E-state index contributed by atoms with van der Waals surface area (Å²) in [7, 11) is 1.81. The van der Waals surface area contributed by atoms with E-state index in [0.29, 0.717) is 6.54 Å². The molecule has 13 nitrogen and oxygen atoms in total. The van der Waals surface area contributed by atoms with E-state index in [9.17, 15) is 29.4 Å². The quantitative estimate of drug-likeness (QED) is 0.188. The summed E-state index contributed by atoms with van der Waals surface area (Å²) in [6.45, 7) is 2.04. The first-order valence-corrected chi connectivity index (χ1v) is 13.2. The Balaban J connectivity index is 1.54. The number of H-pyrrole nitrogens is 1. The largest absolute Gasteiger partial charge is 0.481 e. The molecule has 1 saturated heterocycles. The monoisotopic (exact) mass is 547 g/mol. The predicted octanol–water partition coefficient (Wildman–Crippen LogP) is 0.0818. The van der Waals surface area contributed by atoms with Gasteiger partial charge in [0.15, 0.2) is 0 Å². The van der Waals surface area contributed by atoms with Crippen molar-refractivity contribution < 1.29 is 29.4 Å². The van der Waals surface area contributed by atoms with Gasteiger partial charge >= 0.3 is 11.9 Å². The third-order valence-electron chi connectivity index (χ3n) is 6.10. The van der Waals surface area contributed by atoms with E-state index in [0.717, 1.165) is 27.8 Å². The summed E-state index contributed by atoms with van der Waals surface area (Å²) >= 11 is 2.23. The number of β-lactam (4-membered cyclic amide) rings is 1. The van der Waals surface area contributed by atoms with E-state index < -0.39 is 40.4 Å². The van der Waals surface area contributed by atoms with Crippen LogP contribution in [0, 0.1) is 5.92 Å². The number of aromatic nitrogens is 4. The zero-order chi connectivity index (χ0) is 26.7. The average Bonchev–Trinajstić information content (AvgIpc) is 3.39. The van der Waals surface area contributed by atoms with Crippen molar-refractivity contribution >= 4 is 47.3 Å². The number of nitrogens with one attached hydrogen (secondary N) is 3. The minimum absolute atomic E-state index is 0.0748. The van der Waals surface area contributed by atoms with Crippen molar-refractivity contribution in [3.63, 3.8) is 0 Å². The maximum atomic E-state index is 13.1. The van der Waals surface area contributed by atoms with Crippen molar-refractivity contribution in [1.82, 2.24) is 36.2 Å². The van der Waals surface area contributed by atoms with E-state index in [1.54, 1.807) is 0 Å². The van der Waals surface area contributed by atoms with Gasteiger partial charge in [-0.15, -0.1) is 22.0 Å². The molecule has 0 saturated carbocycles. The van der Waals surface area contributed by atoms with Gasteiger partial charge in [0.2, 0.25) is 11.1 Å². The van der Waals surface area contributed by atoms with Crippen molar-refractivity contribution in [2.24, 2.45) is 5.92 Å². The zero-order valence-corrected chi connectivity index (χ0v) is 21.5. The van der Waals surface area contributed by atoms with Gasteiger partial charge in [-0.05, 0) is 29.0 Å². The molecule has 0 aliphatic carbocycles. The molecule has 1 aromatic carbocycles. The molecule has 15 heteroatoms. The molecular formula is C22H25N7O6S2. The minimum atomic E-state index is -1.35. The van der Waals surface area contributed by atoms with Gasteiger partial charge in [-0.25, -0.2) is 4.79 Å². The lowest BCUT2D eigenvalue weighted by Crippen LogP contribution is -2.71. The molecule has 3 unspecified atom stereocenters. The van der Waals surface area contributed by atoms with Crippen LogP contribution in [-0.4, -0.2) is 89.0 Å². The Hall–Kier alpha value is -3.43. The van der Waals surface area contributed by atoms with Crippen LogP contribution in [0.4, 0.5) is 0 Å². The summed E-state index contributed by atoms with van der Waals surface area (Å²) < 4.78 is 0.